The second-order valence-electron chi connectivity index (χ2n) is 5.90. The van der Waals surface area contributed by atoms with Gasteiger partial charge in [-0.3, -0.25) is 9.59 Å². The van der Waals surface area contributed by atoms with Crippen LogP contribution < -0.4 is 10.6 Å². The van der Waals surface area contributed by atoms with Crippen molar-refractivity contribution in [3.63, 3.8) is 0 Å². The van der Waals surface area contributed by atoms with Gasteiger partial charge in [0.2, 0.25) is 11.8 Å². The van der Waals surface area contributed by atoms with E-state index in [9.17, 15) is 14.0 Å². The van der Waals surface area contributed by atoms with Gasteiger partial charge in [0.05, 0.1) is 6.04 Å². The van der Waals surface area contributed by atoms with Crippen molar-refractivity contribution >= 4 is 33.4 Å². The number of benzene rings is 2. The molecule has 0 radical (unpaired) electrons. The Morgan fingerprint density at radius 2 is 1.58 bits per heavy atom. The lowest BCUT2D eigenvalue weighted by molar-refractivity contribution is -0.119. The van der Waals surface area contributed by atoms with Crippen molar-refractivity contribution in [1.29, 1.82) is 0 Å². The van der Waals surface area contributed by atoms with Crippen LogP contribution >= 0.6 is 15.9 Å². The minimum Gasteiger partial charge on any atom is -0.346 e. The molecular weight excluding hydrogens is 399 g/mol. The standard InChI is InChI=1S/C20H20BrFN2O2/c1-12(19(23-13(2)25)15-8-10-16(21)11-9-15)20(24-14(3)26)17-6-4-5-7-18(17)22/h4-11,20H,1-3H3,(H,23,25)(H,24,26)/b19-12-. The number of nitrogens with one attached hydrogen (secondary N) is 2. The quantitative estimate of drug-likeness (QED) is 0.758. The predicted molar refractivity (Wildman–Crippen MR) is 104 cm³/mol. The van der Waals surface area contributed by atoms with Crippen LogP contribution in [0.15, 0.2) is 58.6 Å². The first kappa shape index (κ1) is 19.8. The van der Waals surface area contributed by atoms with E-state index >= 15 is 0 Å². The fourth-order valence-corrected chi connectivity index (χ4v) is 2.93. The molecule has 1 atom stereocenters. The highest BCUT2D eigenvalue weighted by molar-refractivity contribution is 9.10. The van der Waals surface area contributed by atoms with Crippen LogP contribution in [0.2, 0.25) is 0 Å². The van der Waals surface area contributed by atoms with Gasteiger partial charge in [-0.1, -0.05) is 46.3 Å². The van der Waals surface area contributed by atoms with Crippen molar-refractivity contribution in [2.24, 2.45) is 0 Å². The topological polar surface area (TPSA) is 58.2 Å². The summed E-state index contributed by atoms with van der Waals surface area (Å²) >= 11 is 3.38. The Labute approximate surface area is 160 Å². The fourth-order valence-electron chi connectivity index (χ4n) is 2.67. The van der Waals surface area contributed by atoms with Crippen molar-refractivity contribution in [2.45, 2.75) is 26.8 Å². The van der Waals surface area contributed by atoms with E-state index in [4.69, 9.17) is 0 Å². The number of carbonyl (C=O) groups is 2. The molecule has 136 valence electrons. The molecule has 4 nitrogen and oxygen atoms in total. The molecule has 0 fully saturated rings. The van der Waals surface area contributed by atoms with Gasteiger partial charge in [-0.15, -0.1) is 0 Å². The molecule has 2 N–H and O–H groups in total. The molecule has 2 amide bonds. The van der Waals surface area contributed by atoms with E-state index in [0.717, 1.165) is 10.0 Å². The summed E-state index contributed by atoms with van der Waals surface area (Å²) in [5, 5.41) is 5.58. The Morgan fingerprint density at radius 3 is 2.12 bits per heavy atom. The largest absolute Gasteiger partial charge is 0.346 e. The lowest BCUT2D eigenvalue weighted by atomic mass is 9.95. The second kappa shape index (κ2) is 8.76. The molecule has 0 aliphatic heterocycles. The molecule has 0 aliphatic carbocycles. The fraction of sp³-hybridized carbons (Fsp3) is 0.200. The van der Waals surface area contributed by atoms with Crippen LogP contribution in [-0.2, 0) is 9.59 Å². The molecule has 0 spiro atoms. The third-order valence-corrected chi connectivity index (χ3v) is 4.35. The molecule has 2 aromatic rings. The summed E-state index contributed by atoms with van der Waals surface area (Å²) in [7, 11) is 0. The van der Waals surface area contributed by atoms with Crippen LogP contribution in [0.1, 0.15) is 37.9 Å². The summed E-state index contributed by atoms with van der Waals surface area (Å²) in [4.78, 5) is 23.5. The summed E-state index contributed by atoms with van der Waals surface area (Å²) in [6, 6.07) is 12.9. The van der Waals surface area contributed by atoms with Gasteiger partial charge in [0.25, 0.3) is 0 Å². The van der Waals surface area contributed by atoms with Crippen LogP contribution in [0, 0.1) is 5.82 Å². The lowest BCUT2D eigenvalue weighted by Crippen LogP contribution is -2.30. The summed E-state index contributed by atoms with van der Waals surface area (Å²) < 4.78 is 15.3. The van der Waals surface area contributed by atoms with Crippen molar-refractivity contribution < 1.29 is 14.0 Å². The van der Waals surface area contributed by atoms with Gasteiger partial charge in [-0.25, -0.2) is 4.39 Å². The average Bonchev–Trinajstić information content (AvgIpc) is 2.58. The SMILES string of the molecule is CC(=O)N/C(=C(/C)C(NC(C)=O)c1ccccc1F)c1ccc(Br)cc1. The van der Waals surface area contributed by atoms with Crippen LogP contribution in [-0.4, -0.2) is 11.8 Å². The maximum atomic E-state index is 14.4. The van der Waals surface area contributed by atoms with Crippen LogP contribution in [0.5, 0.6) is 0 Å². The molecule has 6 heteroatoms. The van der Waals surface area contributed by atoms with E-state index in [1.807, 2.05) is 24.3 Å². The number of rotatable bonds is 5. The van der Waals surface area contributed by atoms with Crippen molar-refractivity contribution in [1.82, 2.24) is 10.6 Å². The molecule has 0 heterocycles. The van der Waals surface area contributed by atoms with E-state index < -0.39 is 11.9 Å². The van der Waals surface area contributed by atoms with Gasteiger partial charge in [0.15, 0.2) is 0 Å². The molecule has 0 aromatic heterocycles. The first-order valence-corrected chi connectivity index (χ1v) is 8.84. The zero-order chi connectivity index (χ0) is 19.3. The lowest BCUT2D eigenvalue weighted by Gasteiger charge is -2.23. The van der Waals surface area contributed by atoms with E-state index in [0.29, 0.717) is 16.8 Å². The zero-order valence-electron chi connectivity index (χ0n) is 14.8. The second-order valence-corrected chi connectivity index (χ2v) is 6.82. The molecule has 2 aromatic carbocycles. The molecule has 1 unspecified atom stereocenters. The third-order valence-electron chi connectivity index (χ3n) is 3.83. The van der Waals surface area contributed by atoms with Crippen LogP contribution in [0.25, 0.3) is 5.70 Å². The van der Waals surface area contributed by atoms with Crippen molar-refractivity contribution in [3.05, 3.63) is 75.5 Å². The van der Waals surface area contributed by atoms with E-state index in [-0.39, 0.29) is 11.8 Å². The van der Waals surface area contributed by atoms with Gasteiger partial charge in [-0.05, 0) is 36.3 Å². The van der Waals surface area contributed by atoms with Crippen LogP contribution in [0.4, 0.5) is 4.39 Å². The number of hydrogen-bond acceptors (Lipinski definition) is 2. The molecule has 26 heavy (non-hydrogen) atoms. The Morgan fingerprint density at radius 1 is 0.962 bits per heavy atom. The first-order valence-electron chi connectivity index (χ1n) is 8.05. The number of hydrogen-bond donors (Lipinski definition) is 2. The average molecular weight is 419 g/mol. The normalized spacial score (nSPS) is 12.8. The molecule has 2 rings (SSSR count). The highest BCUT2D eigenvalue weighted by Crippen LogP contribution is 2.30. The maximum Gasteiger partial charge on any atom is 0.221 e. The highest BCUT2D eigenvalue weighted by atomic mass is 79.9. The third kappa shape index (κ3) is 5.02. The number of amides is 2. The number of carbonyl (C=O) groups excluding carboxylic acids is 2. The van der Waals surface area contributed by atoms with Gasteiger partial charge in [0.1, 0.15) is 5.82 Å². The Hall–Kier alpha value is -2.47. The molecule has 0 saturated carbocycles. The van der Waals surface area contributed by atoms with Gasteiger partial charge >= 0.3 is 0 Å². The van der Waals surface area contributed by atoms with Gasteiger partial charge in [-0.2, -0.15) is 0 Å². The Bertz CT molecular complexity index is 847. The van der Waals surface area contributed by atoms with E-state index in [1.165, 1.54) is 19.9 Å². The van der Waals surface area contributed by atoms with Gasteiger partial charge in [0, 0.05) is 29.6 Å². The molecular formula is C20H20BrFN2O2. The van der Waals surface area contributed by atoms with Crippen molar-refractivity contribution in [3.8, 4) is 0 Å². The highest BCUT2D eigenvalue weighted by Gasteiger charge is 2.22. The van der Waals surface area contributed by atoms with E-state index in [1.54, 1.807) is 25.1 Å². The Kier molecular flexibility index (Phi) is 6.69. The van der Waals surface area contributed by atoms with Crippen LogP contribution in [0.3, 0.4) is 0 Å². The zero-order valence-corrected chi connectivity index (χ0v) is 16.4. The molecule has 0 saturated heterocycles. The first-order chi connectivity index (χ1) is 12.3. The molecule has 0 aliphatic rings. The summed E-state index contributed by atoms with van der Waals surface area (Å²) in [6.07, 6.45) is 0. The van der Waals surface area contributed by atoms with Gasteiger partial charge < -0.3 is 10.6 Å². The summed E-state index contributed by atoms with van der Waals surface area (Å²) in [5.74, 6) is -0.975. The Balaban J connectivity index is 2.63. The maximum absolute atomic E-state index is 14.4. The summed E-state index contributed by atoms with van der Waals surface area (Å²) in [6.45, 7) is 4.54. The van der Waals surface area contributed by atoms with E-state index in [2.05, 4.69) is 26.6 Å². The minimum atomic E-state index is -0.709. The molecule has 0 bridgehead atoms. The number of halogens is 2. The predicted octanol–water partition coefficient (Wildman–Crippen LogP) is 4.33. The summed E-state index contributed by atoms with van der Waals surface area (Å²) in [5.41, 5.74) is 2.25. The minimum absolute atomic E-state index is 0.252. The van der Waals surface area contributed by atoms with Crippen molar-refractivity contribution in [2.75, 3.05) is 0 Å². The monoisotopic (exact) mass is 418 g/mol. The smallest absolute Gasteiger partial charge is 0.221 e.